The van der Waals surface area contributed by atoms with Crippen molar-refractivity contribution in [3.63, 3.8) is 0 Å². The third-order valence-corrected chi connectivity index (χ3v) is 3.11. The number of piperidine rings is 1. The smallest absolute Gasteiger partial charge is 0.258 e. The Morgan fingerprint density at radius 2 is 2.06 bits per heavy atom. The standard InChI is InChI=1S/C11H12BrFN2O/c12-8-6-9(10(13)14-7-8)11(16)15-4-2-1-3-5-15/h6-7H,1-5H2. The van der Waals surface area contributed by atoms with Crippen LogP contribution in [0.3, 0.4) is 0 Å². The number of likely N-dealkylation sites (tertiary alicyclic amines) is 1. The predicted molar refractivity (Wildman–Crippen MR) is 61.6 cm³/mol. The molecule has 1 aromatic heterocycles. The molecule has 1 aromatic rings. The number of hydrogen-bond acceptors (Lipinski definition) is 2. The Bertz CT molecular complexity index is 405. The number of carbonyl (C=O) groups is 1. The first-order valence-electron chi connectivity index (χ1n) is 5.29. The molecule has 0 N–H and O–H groups in total. The number of carbonyl (C=O) groups excluding carboxylic acids is 1. The Balaban J connectivity index is 2.22. The van der Waals surface area contributed by atoms with Gasteiger partial charge in [-0.2, -0.15) is 4.39 Å². The number of rotatable bonds is 1. The summed E-state index contributed by atoms with van der Waals surface area (Å²) in [6.45, 7) is 1.43. The van der Waals surface area contributed by atoms with E-state index in [0.717, 1.165) is 19.3 Å². The molecule has 1 aliphatic heterocycles. The highest BCUT2D eigenvalue weighted by Gasteiger charge is 2.21. The van der Waals surface area contributed by atoms with Crippen molar-refractivity contribution in [3.8, 4) is 0 Å². The average molecular weight is 287 g/mol. The van der Waals surface area contributed by atoms with E-state index >= 15 is 0 Å². The first-order valence-corrected chi connectivity index (χ1v) is 6.08. The number of pyridine rings is 1. The number of aromatic nitrogens is 1. The SMILES string of the molecule is O=C(c1cc(Br)cnc1F)N1CCCCC1. The number of nitrogens with zero attached hydrogens (tertiary/aromatic N) is 2. The van der Waals surface area contributed by atoms with Crippen LogP contribution in [0, 0.1) is 5.95 Å². The van der Waals surface area contributed by atoms with Gasteiger partial charge in [-0.1, -0.05) is 0 Å². The third kappa shape index (κ3) is 2.40. The third-order valence-electron chi connectivity index (χ3n) is 2.68. The highest BCUT2D eigenvalue weighted by Crippen LogP contribution is 2.17. The summed E-state index contributed by atoms with van der Waals surface area (Å²) in [5.74, 6) is -0.954. The first kappa shape index (κ1) is 11.5. The highest BCUT2D eigenvalue weighted by atomic mass is 79.9. The molecule has 2 rings (SSSR count). The molecule has 0 spiro atoms. The van der Waals surface area contributed by atoms with Crippen molar-refractivity contribution in [2.75, 3.05) is 13.1 Å². The lowest BCUT2D eigenvalue weighted by Gasteiger charge is -2.26. The van der Waals surface area contributed by atoms with Gasteiger partial charge in [0.25, 0.3) is 5.91 Å². The van der Waals surface area contributed by atoms with E-state index in [0.29, 0.717) is 17.6 Å². The first-order chi connectivity index (χ1) is 7.68. The maximum atomic E-state index is 13.4. The normalized spacial score (nSPS) is 16.2. The molecule has 16 heavy (non-hydrogen) atoms. The van der Waals surface area contributed by atoms with Crippen LogP contribution in [0.25, 0.3) is 0 Å². The predicted octanol–water partition coefficient (Wildman–Crippen LogP) is 2.61. The van der Waals surface area contributed by atoms with Crippen LogP contribution in [-0.2, 0) is 0 Å². The van der Waals surface area contributed by atoms with E-state index in [1.54, 1.807) is 4.90 Å². The van der Waals surface area contributed by atoms with Crippen molar-refractivity contribution in [2.45, 2.75) is 19.3 Å². The van der Waals surface area contributed by atoms with Crippen molar-refractivity contribution in [2.24, 2.45) is 0 Å². The van der Waals surface area contributed by atoms with Crippen LogP contribution in [0.2, 0.25) is 0 Å². The van der Waals surface area contributed by atoms with Gasteiger partial charge in [0.15, 0.2) is 0 Å². The summed E-state index contributed by atoms with van der Waals surface area (Å²) in [6, 6.07) is 1.49. The average Bonchev–Trinajstić information content (AvgIpc) is 2.32. The summed E-state index contributed by atoms with van der Waals surface area (Å²) in [5, 5.41) is 0. The van der Waals surface area contributed by atoms with Gasteiger partial charge in [-0.25, -0.2) is 4.98 Å². The molecule has 1 amide bonds. The maximum absolute atomic E-state index is 13.4. The van der Waals surface area contributed by atoms with E-state index in [1.165, 1.54) is 12.3 Å². The second kappa shape index (κ2) is 4.91. The molecular weight excluding hydrogens is 275 g/mol. The van der Waals surface area contributed by atoms with Crippen LogP contribution >= 0.6 is 15.9 Å². The maximum Gasteiger partial charge on any atom is 0.258 e. The summed E-state index contributed by atoms with van der Waals surface area (Å²) in [5.41, 5.74) is 0.0521. The fourth-order valence-corrected chi connectivity index (χ4v) is 2.17. The van der Waals surface area contributed by atoms with Gasteiger partial charge in [-0.3, -0.25) is 4.79 Å². The van der Waals surface area contributed by atoms with Crippen LogP contribution < -0.4 is 0 Å². The summed E-state index contributed by atoms with van der Waals surface area (Å²) in [4.78, 5) is 17.2. The summed E-state index contributed by atoms with van der Waals surface area (Å²) >= 11 is 3.19. The summed E-state index contributed by atoms with van der Waals surface area (Å²) < 4.78 is 14.0. The molecule has 0 unspecified atom stereocenters. The molecule has 0 atom stereocenters. The van der Waals surface area contributed by atoms with E-state index in [4.69, 9.17) is 0 Å². The molecule has 0 saturated carbocycles. The fraction of sp³-hybridized carbons (Fsp3) is 0.455. The Morgan fingerprint density at radius 1 is 1.38 bits per heavy atom. The monoisotopic (exact) mass is 286 g/mol. The molecular formula is C11H12BrFN2O. The molecule has 3 nitrogen and oxygen atoms in total. The van der Waals surface area contributed by atoms with E-state index in [1.807, 2.05) is 0 Å². The van der Waals surface area contributed by atoms with Crippen LogP contribution in [0.4, 0.5) is 4.39 Å². The van der Waals surface area contributed by atoms with E-state index in [2.05, 4.69) is 20.9 Å². The van der Waals surface area contributed by atoms with Crippen molar-refractivity contribution in [1.82, 2.24) is 9.88 Å². The van der Waals surface area contributed by atoms with Gasteiger partial charge in [0.2, 0.25) is 5.95 Å². The summed E-state index contributed by atoms with van der Waals surface area (Å²) in [6.07, 6.45) is 4.48. The largest absolute Gasteiger partial charge is 0.339 e. The Hall–Kier alpha value is -0.970. The quantitative estimate of drug-likeness (QED) is 0.744. The fourth-order valence-electron chi connectivity index (χ4n) is 1.84. The summed E-state index contributed by atoms with van der Waals surface area (Å²) in [7, 11) is 0. The molecule has 1 saturated heterocycles. The van der Waals surface area contributed by atoms with Gasteiger partial charge in [0.05, 0.1) is 5.56 Å². The van der Waals surface area contributed by atoms with Gasteiger partial charge in [0, 0.05) is 23.8 Å². The molecule has 0 bridgehead atoms. The van der Waals surface area contributed by atoms with Crippen molar-refractivity contribution < 1.29 is 9.18 Å². The molecule has 0 aliphatic carbocycles. The van der Waals surface area contributed by atoms with Crippen LogP contribution in [-0.4, -0.2) is 28.9 Å². The van der Waals surface area contributed by atoms with Crippen LogP contribution in [0.5, 0.6) is 0 Å². The van der Waals surface area contributed by atoms with Gasteiger partial charge in [-0.15, -0.1) is 0 Å². The molecule has 1 aliphatic rings. The van der Waals surface area contributed by atoms with E-state index in [9.17, 15) is 9.18 Å². The number of halogens is 2. The Morgan fingerprint density at radius 3 is 2.75 bits per heavy atom. The second-order valence-electron chi connectivity index (χ2n) is 3.84. The minimum absolute atomic E-state index is 0.0521. The molecule has 2 heterocycles. The van der Waals surface area contributed by atoms with E-state index < -0.39 is 5.95 Å². The lowest BCUT2D eigenvalue weighted by atomic mass is 10.1. The number of amides is 1. The Kier molecular flexibility index (Phi) is 3.53. The van der Waals surface area contributed by atoms with Gasteiger partial charge < -0.3 is 4.90 Å². The van der Waals surface area contributed by atoms with Crippen molar-refractivity contribution in [3.05, 3.63) is 28.2 Å². The van der Waals surface area contributed by atoms with Gasteiger partial charge >= 0.3 is 0 Å². The van der Waals surface area contributed by atoms with Crippen LogP contribution in [0.15, 0.2) is 16.7 Å². The minimum Gasteiger partial charge on any atom is -0.339 e. The zero-order valence-electron chi connectivity index (χ0n) is 8.75. The molecule has 0 radical (unpaired) electrons. The van der Waals surface area contributed by atoms with E-state index in [-0.39, 0.29) is 11.5 Å². The Labute approximate surface area is 102 Å². The molecule has 86 valence electrons. The second-order valence-corrected chi connectivity index (χ2v) is 4.76. The molecule has 0 aromatic carbocycles. The number of hydrogen-bond donors (Lipinski definition) is 0. The lowest BCUT2D eigenvalue weighted by molar-refractivity contribution is 0.0718. The van der Waals surface area contributed by atoms with Gasteiger partial charge in [-0.05, 0) is 41.3 Å². The lowest BCUT2D eigenvalue weighted by Crippen LogP contribution is -2.36. The zero-order valence-corrected chi connectivity index (χ0v) is 10.3. The minimum atomic E-state index is -0.696. The topological polar surface area (TPSA) is 33.2 Å². The van der Waals surface area contributed by atoms with Crippen LogP contribution in [0.1, 0.15) is 29.6 Å². The van der Waals surface area contributed by atoms with Crippen molar-refractivity contribution >= 4 is 21.8 Å². The van der Waals surface area contributed by atoms with Crippen molar-refractivity contribution in [1.29, 1.82) is 0 Å². The molecule has 1 fully saturated rings. The van der Waals surface area contributed by atoms with Gasteiger partial charge in [0.1, 0.15) is 0 Å². The molecule has 5 heteroatoms. The zero-order chi connectivity index (χ0) is 11.5. The highest BCUT2D eigenvalue weighted by molar-refractivity contribution is 9.10.